The fourth-order valence-corrected chi connectivity index (χ4v) is 4.95. The van der Waals surface area contributed by atoms with Gasteiger partial charge in [0.15, 0.2) is 0 Å². The minimum absolute atomic E-state index is 0.328. The van der Waals surface area contributed by atoms with Gasteiger partial charge >= 0.3 is 6.03 Å². The first kappa shape index (κ1) is 18.0. The molecule has 0 aliphatic carbocycles. The molecular weight excluding hydrogens is 384 g/mol. The Labute approximate surface area is 173 Å². The van der Waals surface area contributed by atoms with Crippen LogP contribution in [0.4, 0.5) is 4.79 Å². The van der Waals surface area contributed by atoms with E-state index in [1.165, 1.54) is 16.7 Å². The molecule has 2 aliphatic heterocycles. The Hall–Kier alpha value is -3.06. The lowest BCUT2D eigenvalue weighted by atomic mass is 10.1. The van der Waals surface area contributed by atoms with Crippen LogP contribution in [0.5, 0.6) is 10.9 Å². The van der Waals surface area contributed by atoms with E-state index in [2.05, 4.69) is 47.3 Å². The summed E-state index contributed by atoms with van der Waals surface area (Å²) in [6.07, 6.45) is 2.18. The molecule has 5 rings (SSSR count). The van der Waals surface area contributed by atoms with Crippen LogP contribution >= 0.6 is 11.3 Å². The molecule has 2 N–H and O–H groups in total. The molecule has 2 aliphatic rings. The smallest absolute Gasteiger partial charge is 0.315 e. The third-order valence-electron chi connectivity index (χ3n) is 5.49. The van der Waals surface area contributed by atoms with Gasteiger partial charge in [-0.05, 0) is 47.9 Å². The lowest BCUT2D eigenvalue weighted by Gasteiger charge is -2.20. The van der Waals surface area contributed by atoms with E-state index in [0.717, 1.165) is 35.6 Å². The van der Waals surface area contributed by atoms with Crippen LogP contribution < -0.4 is 10.5 Å². The van der Waals surface area contributed by atoms with Gasteiger partial charge in [0, 0.05) is 38.3 Å². The van der Waals surface area contributed by atoms with Gasteiger partial charge in [0.25, 0.3) is 5.19 Å². The van der Waals surface area contributed by atoms with Crippen LogP contribution in [0.1, 0.15) is 11.1 Å². The van der Waals surface area contributed by atoms with E-state index >= 15 is 0 Å². The minimum Gasteiger partial charge on any atom is -0.431 e. The lowest BCUT2D eigenvalue weighted by Crippen LogP contribution is -2.35. The Morgan fingerprint density at radius 3 is 2.83 bits per heavy atom. The lowest BCUT2D eigenvalue weighted by molar-refractivity contribution is 0.214. The molecule has 1 saturated heterocycles. The fraction of sp³-hybridized carbons (Fsp3) is 0.273. The third kappa shape index (κ3) is 3.65. The van der Waals surface area contributed by atoms with Crippen molar-refractivity contribution < 1.29 is 9.53 Å². The molecule has 0 bridgehead atoms. The fourth-order valence-electron chi connectivity index (χ4n) is 4.02. The van der Waals surface area contributed by atoms with E-state index in [9.17, 15) is 4.79 Å². The van der Waals surface area contributed by atoms with E-state index in [0.29, 0.717) is 17.7 Å². The quantitative estimate of drug-likeness (QED) is 0.708. The third-order valence-corrected chi connectivity index (χ3v) is 6.39. The Bertz CT molecular complexity index is 1110. The Kier molecular flexibility index (Phi) is 4.39. The van der Waals surface area contributed by atoms with E-state index < -0.39 is 0 Å². The van der Waals surface area contributed by atoms with Crippen molar-refractivity contribution in [2.75, 3.05) is 19.6 Å². The summed E-state index contributed by atoms with van der Waals surface area (Å²) in [4.78, 5) is 19.9. The maximum Gasteiger partial charge on any atom is 0.315 e. The van der Waals surface area contributed by atoms with Gasteiger partial charge in [-0.1, -0.05) is 29.5 Å². The second-order valence-electron chi connectivity index (χ2n) is 7.75. The van der Waals surface area contributed by atoms with Gasteiger partial charge in [-0.3, -0.25) is 0 Å². The Morgan fingerprint density at radius 2 is 2.07 bits per heavy atom. The first-order chi connectivity index (χ1) is 14.0. The SMILES string of the molecule is Cc1ccc2nc(Oc3ccc(CN4C=C5CN(C(N)=O)CC5C4)cc3)sc2c1. The average Bonchev–Trinajstić information content (AvgIpc) is 3.35. The number of nitrogens with zero attached hydrogens (tertiary/aromatic N) is 3. The summed E-state index contributed by atoms with van der Waals surface area (Å²) in [6, 6.07) is 14.1. The number of aromatic nitrogens is 1. The molecule has 0 radical (unpaired) electrons. The van der Waals surface area contributed by atoms with E-state index in [-0.39, 0.29) is 6.03 Å². The van der Waals surface area contributed by atoms with Crippen molar-refractivity contribution >= 4 is 27.6 Å². The molecule has 29 heavy (non-hydrogen) atoms. The van der Waals surface area contributed by atoms with Gasteiger partial charge in [0.1, 0.15) is 5.75 Å². The maximum absolute atomic E-state index is 11.3. The highest BCUT2D eigenvalue weighted by Gasteiger charge is 2.34. The number of rotatable bonds is 4. The normalized spacial score (nSPS) is 18.2. The summed E-state index contributed by atoms with van der Waals surface area (Å²) in [5.74, 6) is 1.20. The van der Waals surface area contributed by atoms with Crippen molar-refractivity contribution in [3.8, 4) is 10.9 Å². The summed E-state index contributed by atoms with van der Waals surface area (Å²) < 4.78 is 7.09. The van der Waals surface area contributed by atoms with Crippen molar-refractivity contribution in [3.63, 3.8) is 0 Å². The number of likely N-dealkylation sites (tertiary alicyclic amines) is 1. The number of fused-ring (bicyclic) bond motifs is 2. The van der Waals surface area contributed by atoms with E-state index in [1.54, 1.807) is 16.2 Å². The number of nitrogens with two attached hydrogens (primary N) is 1. The van der Waals surface area contributed by atoms with Crippen molar-refractivity contribution in [1.82, 2.24) is 14.8 Å². The van der Waals surface area contributed by atoms with Gasteiger partial charge in [-0.15, -0.1) is 0 Å². The Morgan fingerprint density at radius 1 is 1.24 bits per heavy atom. The zero-order chi connectivity index (χ0) is 20.0. The molecule has 1 aromatic heterocycles. The molecule has 1 unspecified atom stereocenters. The first-order valence-electron chi connectivity index (χ1n) is 9.66. The average molecular weight is 407 g/mol. The molecule has 1 atom stereocenters. The number of hydrogen-bond donors (Lipinski definition) is 1. The van der Waals surface area contributed by atoms with Crippen molar-refractivity contribution in [1.29, 1.82) is 0 Å². The van der Waals surface area contributed by atoms with Crippen molar-refractivity contribution in [2.45, 2.75) is 13.5 Å². The Balaban J connectivity index is 1.22. The molecule has 0 saturated carbocycles. The van der Waals surface area contributed by atoms with Crippen LogP contribution in [-0.4, -0.2) is 40.4 Å². The first-order valence-corrected chi connectivity index (χ1v) is 10.5. The molecule has 1 fully saturated rings. The van der Waals surface area contributed by atoms with Gasteiger partial charge in [0.2, 0.25) is 0 Å². The highest BCUT2D eigenvalue weighted by atomic mass is 32.1. The zero-order valence-corrected chi connectivity index (χ0v) is 17.0. The molecule has 3 heterocycles. The molecule has 2 aromatic carbocycles. The summed E-state index contributed by atoms with van der Waals surface area (Å²) in [5, 5.41) is 0.662. The molecule has 148 valence electrons. The van der Waals surface area contributed by atoms with Crippen molar-refractivity contribution in [3.05, 3.63) is 65.4 Å². The summed E-state index contributed by atoms with van der Waals surface area (Å²) in [6.45, 7) is 5.24. The second kappa shape index (κ2) is 7.08. The predicted molar refractivity (Wildman–Crippen MR) is 114 cm³/mol. The molecule has 2 amide bonds. The number of carbonyl (C=O) groups excluding carboxylic acids is 1. The standard InChI is InChI=1S/C22H22N4O2S/c1-14-2-7-19-20(8-14)29-22(24-19)28-18-5-3-15(4-6-18)9-25-10-16-12-26(21(23)27)13-17(16)11-25/h2-8,10,17H,9,11-13H2,1H3,(H2,23,27). The second-order valence-corrected chi connectivity index (χ2v) is 8.74. The van der Waals surface area contributed by atoms with Crippen LogP contribution in [0.2, 0.25) is 0 Å². The molecule has 7 heteroatoms. The summed E-state index contributed by atoms with van der Waals surface area (Å²) in [7, 11) is 0. The summed E-state index contributed by atoms with van der Waals surface area (Å²) in [5.41, 5.74) is 10.1. The highest BCUT2D eigenvalue weighted by Crippen LogP contribution is 2.33. The number of ether oxygens (including phenoxy) is 1. The number of benzene rings is 2. The van der Waals surface area contributed by atoms with E-state index in [1.807, 2.05) is 18.2 Å². The van der Waals surface area contributed by atoms with Gasteiger partial charge < -0.3 is 20.3 Å². The molecule has 6 nitrogen and oxygen atoms in total. The number of carbonyl (C=O) groups is 1. The number of primary amides is 1. The van der Waals surface area contributed by atoms with Crippen molar-refractivity contribution in [2.24, 2.45) is 11.7 Å². The number of thiazole rings is 1. The van der Waals surface area contributed by atoms with Crippen LogP contribution in [0.25, 0.3) is 10.2 Å². The van der Waals surface area contributed by atoms with Crippen LogP contribution in [0.3, 0.4) is 0 Å². The largest absolute Gasteiger partial charge is 0.431 e. The zero-order valence-electron chi connectivity index (χ0n) is 16.2. The number of amides is 2. The van der Waals surface area contributed by atoms with Gasteiger partial charge in [-0.25, -0.2) is 9.78 Å². The predicted octanol–water partition coefficient (Wildman–Crippen LogP) is 4.11. The number of hydrogen-bond acceptors (Lipinski definition) is 5. The van der Waals surface area contributed by atoms with Crippen LogP contribution in [0.15, 0.2) is 54.2 Å². The van der Waals surface area contributed by atoms with E-state index in [4.69, 9.17) is 10.5 Å². The summed E-state index contributed by atoms with van der Waals surface area (Å²) >= 11 is 1.56. The number of aryl methyl sites for hydroxylation is 1. The van der Waals surface area contributed by atoms with Crippen LogP contribution in [-0.2, 0) is 6.54 Å². The molecule has 0 spiro atoms. The van der Waals surface area contributed by atoms with Gasteiger partial charge in [-0.2, -0.15) is 0 Å². The van der Waals surface area contributed by atoms with Gasteiger partial charge in [0.05, 0.1) is 10.2 Å². The monoisotopic (exact) mass is 406 g/mol. The van der Waals surface area contributed by atoms with Crippen LogP contribution in [0, 0.1) is 12.8 Å². The molecular formula is C22H22N4O2S. The topological polar surface area (TPSA) is 71.7 Å². The maximum atomic E-state index is 11.3. The highest BCUT2D eigenvalue weighted by molar-refractivity contribution is 7.20. The minimum atomic E-state index is -0.328. The number of urea groups is 1. The molecule has 3 aromatic rings.